The molecule has 2 aromatic rings. The maximum Gasteiger partial charge on any atom is 0.276 e. The zero-order valence-corrected chi connectivity index (χ0v) is 26.3. The number of nitrogens with one attached hydrogen (secondary N) is 3. The number of hydrogen-bond acceptors (Lipinski definition) is 5. The van der Waals surface area contributed by atoms with E-state index < -0.39 is 12.2 Å². The normalized spacial score (nSPS) is 18.4. The third-order valence-electron chi connectivity index (χ3n) is 7.89. The lowest BCUT2D eigenvalue weighted by Crippen LogP contribution is -2.43. The number of aromatic nitrogens is 1. The first-order valence-corrected chi connectivity index (χ1v) is 15.4. The minimum atomic E-state index is -2.96. The lowest BCUT2D eigenvalue weighted by Gasteiger charge is -2.34. The van der Waals surface area contributed by atoms with Crippen LogP contribution in [0.4, 0.5) is 14.5 Å². The van der Waals surface area contributed by atoms with Gasteiger partial charge in [-0.1, -0.05) is 28.2 Å². The number of alkyl halides is 2. The van der Waals surface area contributed by atoms with E-state index in [1.165, 1.54) is 0 Å². The summed E-state index contributed by atoms with van der Waals surface area (Å²) in [5.74, 6) is 6.63. The molecule has 2 aliphatic carbocycles. The van der Waals surface area contributed by atoms with Crippen LogP contribution in [-0.4, -0.2) is 67.4 Å². The van der Waals surface area contributed by atoms with Crippen molar-refractivity contribution in [1.82, 2.24) is 20.1 Å². The van der Waals surface area contributed by atoms with Gasteiger partial charge in [0.2, 0.25) is 0 Å². The van der Waals surface area contributed by atoms with Gasteiger partial charge in [-0.15, -0.1) is 0 Å². The summed E-state index contributed by atoms with van der Waals surface area (Å²) < 4.78 is 36.1. The second-order valence-corrected chi connectivity index (χ2v) is 12.1. The molecule has 1 atom stereocenters. The van der Waals surface area contributed by atoms with Gasteiger partial charge in [0.15, 0.2) is 0 Å². The molecule has 1 saturated carbocycles. The Morgan fingerprint density at radius 1 is 1.21 bits per heavy atom. The number of rotatable bonds is 11. The van der Waals surface area contributed by atoms with Crippen LogP contribution in [0.2, 0.25) is 0 Å². The molecule has 1 unspecified atom stereocenters. The number of carbonyl (C=O) groups is 1. The van der Waals surface area contributed by atoms with E-state index in [4.69, 9.17) is 4.74 Å². The van der Waals surface area contributed by atoms with E-state index in [1.807, 2.05) is 13.0 Å². The number of benzene rings is 1. The van der Waals surface area contributed by atoms with E-state index in [0.717, 1.165) is 61.2 Å². The van der Waals surface area contributed by atoms with Crippen molar-refractivity contribution in [3.05, 3.63) is 46.1 Å². The molecule has 1 fully saturated rings. The van der Waals surface area contributed by atoms with Crippen molar-refractivity contribution in [2.45, 2.75) is 76.2 Å². The van der Waals surface area contributed by atoms with Crippen molar-refractivity contribution >= 4 is 32.6 Å². The van der Waals surface area contributed by atoms with Crippen molar-refractivity contribution in [2.24, 2.45) is 0 Å². The lowest BCUT2D eigenvalue weighted by molar-refractivity contribution is 0.0828. The molecule has 0 spiro atoms. The van der Waals surface area contributed by atoms with Crippen LogP contribution >= 0.6 is 9.24 Å². The highest BCUT2D eigenvalue weighted by Gasteiger charge is 2.26. The van der Waals surface area contributed by atoms with Gasteiger partial charge in [0.05, 0.1) is 31.1 Å². The first-order chi connectivity index (χ1) is 20.1. The molecule has 228 valence electrons. The zero-order valence-electron chi connectivity index (χ0n) is 25.2. The second kappa shape index (κ2) is 14.4. The van der Waals surface area contributed by atoms with Crippen molar-refractivity contribution < 1.29 is 18.3 Å². The number of amides is 1. The first kappa shape index (κ1) is 31.8. The average Bonchev–Trinajstić information content (AvgIpc) is 3.30. The van der Waals surface area contributed by atoms with E-state index in [2.05, 4.69) is 52.9 Å². The van der Waals surface area contributed by atoms with Crippen molar-refractivity contribution in [1.29, 1.82) is 0 Å². The van der Waals surface area contributed by atoms with Crippen molar-refractivity contribution in [3.8, 4) is 17.6 Å². The van der Waals surface area contributed by atoms with Gasteiger partial charge >= 0.3 is 0 Å². The van der Waals surface area contributed by atoms with Crippen LogP contribution in [0.15, 0.2) is 24.3 Å². The maximum absolute atomic E-state index is 14.3. The minimum Gasteiger partial charge on any atom is -0.491 e. The molecule has 3 N–H and O–H groups in total. The summed E-state index contributed by atoms with van der Waals surface area (Å²) in [7, 11) is 7.52. The van der Waals surface area contributed by atoms with E-state index in [1.54, 1.807) is 39.1 Å². The number of carbonyl (C=O) groups excluding carboxylic acids is 1. The molecule has 10 heteroatoms. The number of halogens is 2. The Morgan fingerprint density at radius 2 is 1.98 bits per heavy atom. The fourth-order valence-electron chi connectivity index (χ4n) is 5.69. The summed E-state index contributed by atoms with van der Waals surface area (Å²) in [6, 6.07) is 8.19. The summed E-state index contributed by atoms with van der Waals surface area (Å²) in [6.07, 6.45) is 9.05. The first-order valence-electron chi connectivity index (χ1n) is 14.8. The molecule has 0 saturated heterocycles. The number of fused-ring (bicyclic) bond motifs is 1. The molecule has 1 heterocycles. The van der Waals surface area contributed by atoms with Crippen LogP contribution in [-0.2, 0) is 6.54 Å². The summed E-state index contributed by atoms with van der Waals surface area (Å²) in [5.41, 5.74) is -0.0432. The quantitative estimate of drug-likeness (QED) is 0.272. The van der Waals surface area contributed by atoms with E-state index in [-0.39, 0.29) is 12.5 Å². The van der Waals surface area contributed by atoms with E-state index in [9.17, 15) is 13.6 Å². The maximum atomic E-state index is 14.3. The van der Waals surface area contributed by atoms with Crippen molar-refractivity contribution in [3.63, 3.8) is 0 Å². The topological polar surface area (TPSA) is 70.6 Å². The van der Waals surface area contributed by atoms with Crippen molar-refractivity contribution in [2.75, 3.05) is 39.6 Å². The Kier molecular flexibility index (Phi) is 10.9. The SMILES string of the molecule is CCCOc1cc(C(=O)NC)ccc1NCC#Cc1cc2c(n1CC(F)(F)P)=CCCC=2NC1CCC(N(C)C)CC1. The van der Waals surface area contributed by atoms with Crippen LogP contribution in [0.3, 0.4) is 0 Å². The van der Waals surface area contributed by atoms with Gasteiger partial charge in [0.1, 0.15) is 5.75 Å². The van der Waals surface area contributed by atoms with Gasteiger partial charge in [0, 0.05) is 41.0 Å². The summed E-state index contributed by atoms with van der Waals surface area (Å²) in [4.78, 5) is 14.4. The number of hydrogen-bond donors (Lipinski definition) is 3. The molecule has 1 aromatic carbocycles. The number of ether oxygens (including phenoxy) is 1. The second-order valence-electron chi connectivity index (χ2n) is 11.3. The zero-order chi connectivity index (χ0) is 30.3. The van der Waals surface area contributed by atoms with Gasteiger partial charge in [-0.2, -0.15) is 0 Å². The van der Waals surface area contributed by atoms with Gasteiger partial charge in [-0.25, -0.2) is 8.78 Å². The summed E-state index contributed by atoms with van der Waals surface area (Å²) in [5, 5.41) is 11.4. The highest BCUT2D eigenvalue weighted by Crippen LogP contribution is 2.27. The standard InChI is InChI=1S/C32H44F2N5O2P/c1-5-18-41-30-19-22(31(40)35-2)11-16-28(30)36-17-7-8-25-20-26-27(37-23-12-14-24(15-13-23)38(3)4)9-6-10-29(26)39(25)21-32(33,34)42/h10-11,16,19-20,23-24,36-37H,5-6,9,12-15,17-18,21,42H2,1-4H3,(H,35,40). The fourth-order valence-corrected chi connectivity index (χ4v) is 5.87. The Labute approximate surface area is 250 Å². The minimum absolute atomic E-state index is 0.193. The monoisotopic (exact) mass is 599 g/mol. The van der Waals surface area contributed by atoms with Crippen LogP contribution in [0.5, 0.6) is 5.75 Å². The lowest BCUT2D eigenvalue weighted by atomic mass is 9.90. The van der Waals surface area contributed by atoms with Crippen LogP contribution in [0.25, 0.3) is 11.8 Å². The summed E-state index contributed by atoms with van der Waals surface area (Å²) >= 11 is 0. The highest BCUT2D eigenvalue weighted by molar-refractivity contribution is 7.18. The van der Waals surface area contributed by atoms with E-state index in [0.29, 0.717) is 41.4 Å². The molecule has 4 rings (SSSR count). The Bertz CT molecular complexity index is 1430. The summed E-state index contributed by atoms with van der Waals surface area (Å²) in [6.45, 7) is 2.35. The van der Waals surface area contributed by atoms with Crippen LogP contribution in [0, 0.1) is 11.8 Å². The van der Waals surface area contributed by atoms with Crippen LogP contribution < -0.4 is 31.3 Å². The average molecular weight is 600 g/mol. The third kappa shape index (κ3) is 8.26. The van der Waals surface area contributed by atoms with Gasteiger partial charge in [0.25, 0.3) is 11.6 Å². The molecule has 2 aliphatic rings. The molecule has 1 aromatic heterocycles. The smallest absolute Gasteiger partial charge is 0.276 e. The molecule has 42 heavy (non-hydrogen) atoms. The highest BCUT2D eigenvalue weighted by atomic mass is 31.0. The van der Waals surface area contributed by atoms with Gasteiger partial charge in [-0.05, 0) is 89.2 Å². The molecule has 7 nitrogen and oxygen atoms in total. The predicted molar refractivity (Wildman–Crippen MR) is 169 cm³/mol. The predicted octanol–water partition coefficient (Wildman–Crippen LogP) is 3.71. The molecular weight excluding hydrogens is 555 g/mol. The number of nitrogens with zero attached hydrogens (tertiary/aromatic N) is 2. The fraction of sp³-hybridized carbons (Fsp3) is 0.531. The molecule has 1 amide bonds. The third-order valence-corrected chi connectivity index (χ3v) is 8.07. The number of anilines is 1. The Balaban J connectivity index is 1.57. The van der Waals surface area contributed by atoms with E-state index >= 15 is 0 Å². The van der Waals surface area contributed by atoms with Gasteiger partial charge < -0.3 is 30.2 Å². The molecule has 0 aliphatic heterocycles. The van der Waals surface area contributed by atoms with Crippen LogP contribution in [0.1, 0.15) is 67.9 Å². The largest absolute Gasteiger partial charge is 0.491 e. The Morgan fingerprint density at radius 3 is 2.64 bits per heavy atom. The molecule has 0 bridgehead atoms. The molecular formula is C32H44F2N5O2P. The molecule has 0 radical (unpaired) electrons. The van der Waals surface area contributed by atoms with Gasteiger partial charge in [-0.3, -0.25) is 4.79 Å². The Hall–Kier alpha value is -3.08.